The average Bonchev–Trinajstić information content (AvgIpc) is 2.79. The molecular formula is C15H25NS. The van der Waals surface area contributed by atoms with E-state index in [1.165, 1.54) is 32.2 Å². The summed E-state index contributed by atoms with van der Waals surface area (Å²) >= 11 is 1.94. The third-order valence-corrected chi connectivity index (χ3v) is 4.72. The lowest BCUT2D eigenvalue weighted by Crippen LogP contribution is -2.41. The van der Waals surface area contributed by atoms with Gasteiger partial charge in [0.25, 0.3) is 0 Å². The zero-order valence-corrected chi connectivity index (χ0v) is 12.1. The molecule has 2 rings (SSSR count). The van der Waals surface area contributed by atoms with Gasteiger partial charge in [-0.2, -0.15) is 0 Å². The van der Waals surface area contributed by atoms with Crippen molar-refractivity contribution >= 4 is 11.3 Å². The zero-order chi connectivity index (χ0) is 12.3. The summed E-state index contributed by atoms with van der Waals surface area (Å²) in [7, 11) is 0. The van der Waals surface area contributed by atoms with E-state index in [0.29, 0.717) is 0 Å². The van der Waals surface area contributed by atoms with Crippen LogP contribution >= 0.6 is 11.3 Å². The van der Waals surface area contributed by atoms with Crippen LogP contribution in [0.1, 0.15) is 57.2 Å². The molecule has 0 spiro atoms. The van der Waals surface area contributed by atoms with Gasteiger partial charge < -0.3 is 5.32 Å². The number of rotatable bonds is 3. The first-order chi connectivity index (χ1) is 8.06. The van der Waals surface area contributed by atoms with Gasteiger partial charge in [-0.05, 0) is 63.4 Å². The van der Waals surface area contributed by atoms with Crippen LogP contribution in [0.2, 0.25) is 0 Å². The van der Waals surface area contributed by atoms with Crippen LogP contribution in [0.4, 0.5) is 0 Å². The number of nitrogens with one attached hydrogen (secondary N) is 1. The monoisotopic (exact) mass is 251 g/mol. The highest BCUT2D eigenvalue weighted by atomic mass is 32.1. The summed E-state index contributed by atoms with van der Waals surface area (Å²) in [6.45, 7) is 7.95. The van der Waals surface area contributed by atoms with E-state index in [9.17, 15) is 0 Å². The maximum absolute atomic E-state index is 3.69. The van der Waals surface area contributed by atoms with E-state index in [-0.39, 0.29) is 5.54 Å². The molecule has 17 heavy (non-hydrogen) atoms. The van der Waals surface area contributed by atoms with Gasteiger partial charge >= 0.3 is 0 Å². The second-order valence-electron chi connectivity index (χ2n) is 6.30. The highest BCUT2D eigenvalue weighted by Crippen LogP contribution is 2.39. The van der Waals surface area contributed by atoms with Crippen molar-refractivity contribution in [1.82, 2.24) is 5.32 Å². The SMILES string of the molecule is CC(C)(C)NCC1CCCCC1c1cccs1. The van der Waals surface area contributed by atoms with E-state index >= 15 is 0 Å². The normalized spacial score (nSPS) is 26.1. The Morgan fingerprint density at radius 3 is 2.71 bits per heavy atom. The number of hydrogen-bond acceptors (Lipinski definition) is 2. The predicted octanol–water partition coefficient (Wildman–Crippen LogP) is 4.41. The highest BCUT2D eigenvalue weighted by molar-refractivity contribution is 7.10. The van der Waals surface area contributed by atoms with Gasteiger partial charge in [0.15, 0.2) is 0 Å². The fourth-order valence-corrected chi connectivity index (χ4v) is 3.72. The van der Waals surface area contributed by atoms with Crippen LogP contribution < -0.4 is 5.32 Å². The minimum Gasteiger partial charge on any atom is -0.312 e. The molecule has 0 aromatic carbocycles. The first-order valence-corrected chi connectivity index (χ1v) is 7.73. The number of thiophene rings is 1. The molecule has 1 aliphatic rings. The molecule has 0 aliphatic heterocycles. The van der Waals surface area contributed by atoms with Crippen LogP contribution in [0.3, 0.4) is 0 Å². The first kappa shape index (κ1) is 13.1. The molecule has 96 valence electrons. The molecule has 1 nitrogen and oxygen atoms in total. The lowest BCUT2D eigenvalue weighted by Gasteiger charge is -2.33. The van der Waals surface area contributed by atoms with Crippen molar-refractivity contribution in [3.05, 3.63) is 22.4 Å². The molecule has 1 N–H and O–H groups in total. The Morgan fingerprint density at radius 2 is 2.06 bits per heavy atom. The Kier molecular flexibility index (Phi) is 4.26. The van der Waals surface area contributed by atoms with Gasteiger partial charge in [-0.25, -0.2) is 0 Å². The van der Waals surface area contributed by atoms with Crippen molar-refractivity contribution < 1.29 is 0 Å². The molecule has 1 aliphatic carbocycles. The zero-order valence-electron chi connectivity index (χ0n) is 11.3. The van der Waals surface area contributed by atoms with Gasteiger partial charge in [0, 0.05) is 10.4 Å². The topological polar surface area (TPSA) is 12.0 Å². The minimum absolute atomic E-state index is 0.247. The molecule has 0 bridgehead atoms. The second kappa shape index (κ2) is 5.53. The molecule has 0 radical (unpaired) electrons. The Balaban J connectivity index is 1.98. The van der Waals surface area contributed by atoms with E-state index < -0.39 is 0 Å². The van der Waals surface area contributed by atoms with Crippen molar-refractivity contribution in [3.8, 4) is 0 Å². The quantitative estimate of drug-likeness (QED) is 0.839. The maximum Gasteiger partial charge on any atom is 0.00966 e. The van der Waals surface area contributed by atoms with E-state index in [0.717, 1.165) is 11.8 Å². The lowest BCUT2D eigenvalue weighted by molar-refractivity contribution is 0.272. The van der Waals surface area contributed by atoms with Gasteiger partial charge in [0.05, 0.1) is 0 Å². The van der Waals surface area contributed by atoms with Crippen LogP contribution in [-0.4, -0.2) is 12.1 Å². The summed E-state index contributed by atoms with van der Waals surface area (Å²) in [5.74, 6) is 1.64. The predicted molar refractivity (Wildman–Crippen MR) is 76.8 cm³/mol. The molecule has 1 aromatic heterocycles. The van der Waals surface area contributed by atoms with Gasteiger partial charge in [0.2, 0.25) is 0 Å². The molecule has 1 fully saturated rings. The fraction of sp³-hybridized carbons (Fsp3) is 0.733. The molecule has 1 saturated carbocycles. The third kappa shape index (κ3) is 3.82. The van der Waals surface area contributed by atoms with Crippen LogP contribution in [0.15, 0.2) is 17.5 Å². The van der Waals surface area contributed by atoms with Gasteiger partial charge in [-0.3, -0.25) is 0 Å². The van der Waals surface area contributed by atoms with E-state index in [2.05, 4.69) is 43.6 Å². The average molecular weight is 251 g/mol. The molecule has 1 aromatic rings. The molecule has 0 amide bonds. The van der Waals surface area contributed by atoms with Crippen LogP contribution in [0.25, 0.3) is 0 Å². The van der Waals surface area contributed by atoms with Gasteiger partial charge in [-0.15, -0.1) is 11.3 Å². The second-order valence-corrected chi connectivity index (χ2v) is 7.28. The van der Waals surface area contributed by atoms with Crippen molar-refractivity contribution in [1.29, 1.82) is 0 Å². The lowest BCUT2D eigenvalue weighted by atomic mass is 9.78. The summed E-state index contributed by atoms with van der Waals surface area (Å²) in [5, 5.41) is 5.91. The number of hydrogen-bond donors (Lipinski definition) is 1. The summed E-state index contributed by atoms with van der Waals surface area (Å²) in [5.41, 5.74) is 0.247. The third-order valence-electron chi connectivity index (χ3n) is 3.71. The fourth-order valence-electron chi connectivity index (χ4n) is 2.77. The molecule has 2 heteroatoms. The van der Waals surface area contributed by atoms with E-state index in [4.69, 9.17) is 0 Å². The standard InChI is InChI=1S/C15H25NS/c1-15(2,3)16-11-12-7-4-5-8-13(12)14-9-6-10-17-14/h6,9-10,12-13,16H,4-5,7-8,11H2,1-3H3. The molecule has 2 unspecified atom stereocenters. The molecule has 2 atom stereocenters. The van der Waals surface area contributed by atoms with Gasteiger partial charge in [-0.1, -0.05) is 18.9 Å². The van der Waals surface area contributed by atoms with Crippen molar-refractivity contribution in [2.75, 3.05) is 6.54 Å². The van der Waals surface area contributed by atoms with Crippen molar-refractivity contribution in [2.24, 2.45) is 5.92 Å². The molecule has 1 heterocycles. The smallest absolute Gasteiger partial charge is 0.00966 e. The Bertz CT molecular complexity index is 323. The van der Waals surface area contributed by atoms with E-state index in [1.54, 1.807) is 4.88 Å². The first-order valence-electron chi connectivity index (χ1n) is 6.85. The van der Waals surface area contributed by atoms with E-state index in [1.807, 2.05) is 11.3 Å². The van der Waals surface area contributed by atoms with Crippen LogP contribution in [0.5, 0.6) is 0 Å². The summed E-state index contributed by atoms with van der Waals surface area (Å²) < 4.78 is 0. The van der Waals surface area contributed by atoms with Crippen molar-refractivity contribution in [3.63, 3.8) is 0 Å². The van der Waals surface area contributed by atoms with Gasteiger partial charge in [0.1, 0.15) is 0 Å². The molecular weight excluding hydrogens is 226 g/mol. The summed E-state index contributed by atoms with van der Waals surface area (Å²) in [6.07, 6.45) is 5.61. The Morgan fingerprint density at radius 1 is 1.29 bits per heavy atom. The highest BCUT2D eigenvalue weighted by Gasteiger charge is 2.27. The summed E-state index contributed by atoms with van der Waals surface area (Å²) in [6, 6.07) is 4.52. The van der Waals surface area contributed by atoms with Crippen LogP contribution in [0, 0.1) is 5.92 Å². The summed E-state index contributed by atoms with van der Waals surface area (Å²) in [4.78, 5) is 1.60. The maximum atomic E-state index is 3.69. The van der Waals surface area contributed by atoms with Crippen LogP contribution in [-0.2, 0) is 0 Å². The molecule has 0 saturated heterocycles. The Hall–Kier alpha value is -0.340. The largest absolute Gasteiger partial charge is 0.312 e. The van der Waals surface area contributed by atoms with Crippen molar-refractivity contribution in [2.45, 2.75) is 57.9 Å². The Labute approximate surface area is 110 Å². The minimum atomic E-state index is 0.247.